The number of carbonyl (C=O) groups excluding carboxylic acids is 1. The smallest absolute Gasteiger partial charge is 0.275 e. The van der Waals surface area contributed by atoms with E-state index in [1.807, 2.05) is 12.1 Å². The van der Waals surface area contributed by atoms with Crippen molar-refractivity contribution in [3.8, 4) is 22.4 Å². The van der Waals surface area contributed by atoms with E-state index in [4.69, 9.17) is 15.9 Å². The van der Waals surface area contributed by atoms with E-state index in [1.54, 1.807) is 11.5 Å². The maximum Gasteiger partial charge on any atom is 0.275 e. The van der Waals surface area contributed by atoms with E-state index in [2.05, 4.69) is 41.7 Å². The standard InChI is InChI=1S/C24H26N4O2/c25-12-1-2-16-3-5-17(6-4-16)18-7-9-19(10-8-18)23-14-20(24(29)28-30)21-15-26-13-11-22(21)27-23/h3-10,14,26,30H,1-2,11-13,15,25H2,(H,28,29). The van der Waals surface area contributed by atoms with Gasteiger partial charge in [-0.2, -0.15) is 0 Å². The first kappa shape index (κ1) is 20.2. The number of amides is 1. The molecule has 1 aromatic heterocycles. The van der Waals surface area contributed by atoms with E-state index < -0.39 is 5.91 Å². The highest BCUT2D eigenvalue weighted by Crippen LogP contribution is 2.27. The monoisotopic (exact) mass is 402 g/mol. The highest BCUT2D eigenvalue weighted by molar-refractivity contribution is 5.96. The fourth-order valence-corrected chi connectivity index (χ4v) is 3.86. The molecule has 0 unspecified atom stereocenters. The van der Waals surface area contributed by atoms with Gasteiger partial charge in [-0.1, -0.05) is 48.5 Å². The van der Waals surface area contributed by atoms with E-state index in [0.717, 1.165) is 59.4 Å². The van der Waals surface area contributed by atoms with Crippen molar-refractivity contribution in [2.75, 3.05) is 13.1 Å². The molecule has 2 aromatic carbocycles. The number of rotatable bonds is 6. The van der Waals surface area contributed by atoms with Crippen LogP contribution >= 0.6 is 0 Å². The molecular weight excluding hydrogens is 376 g/mol. The molecule has 30 heavy (non-hydrogen) atoms. The summed E-state index contributed by atoms with van der Waals surface area (Å²) in [5.41, 5.74) is 14.8. The van der Waals surface area contributed by atoms with E-state index in [1.165, 1.54) is 5.56 Å². The fraction of sp³-hybridized carbons (Fsp3) is 0.250. The van der Waals surface area contributed by atoms with Crippen LogP contribution in [0.2, 0.25) is 0 Å². The molecule has 0 spiro atoms. The second-order valence-electron chi connectivity index (χ2n) is 7.51. The number of fused-ring (bicyclic) bond motifs is 1. The molecule has 0 bridgehead atoms. The number of nitrogens with zero attached hydrogens (tertiary/aromatic N) is 1. The van der Waals surface area contributed by atoms with Crippen molar-refractivity contribution in [1.29, 1.82) is 0 Å². The first-order valence-electron chi connectivity index (χ1n) is 10.3. The number of pyridine rings is 1. The summed E-state index contributed by atoms with van der Waals surface area (Å²) < 4.78 is 0. The summed E-state index contributed by atoms with van der Waals surface area (Å²) in [6, 6.07) is 18.5. The van der Waals surface area contributed by atoms with Crippen LogP contribution in [0.15, 0.2) is 54.6 Å². The molecule has 1 aliphatic heterocycles. The quantitative estimate of drug-likeness (QED) is 0.375. The Bertz CT molecular complexity index is 1030. The Morgan fingerprint density at radius 1 is 1.07 bits per heavy atom. The Balaban J connectivity index is 1.62. The zero-order valence-corrected chi connectivity index (χ0v) is 16.8. The van der Waals surface area contributed by atoms with Crippen molar-refractivity contribution in [3.63, 3.8) is 0 Å². The van der Waals surface area contributed by atoms with Crippen molar-refractivity contribution in [3.05, 3.63) is 77.0 Å². The number of hydrogen-bond acceptors (Lipinski definition) is 5. The van der Waals surface area contributed by atoms with E-state index in [-0.39, 0.29) is 0 Å². The minimum Gasteiger partial charge on any atom is -0.330 e. The van der Waals surface area contributed by atoms with Gasteiger partial charge in [-0.15, -0.1) is 0 Å². The predicted octanol–water partition coefficient (Wildman–Crippen LogP) is 3.07. The van der Waals surface area contributed by atoms with Crippen molar-refractivity contribution < 1.29 is 10.0 Å². The number of nitrogens with two attached hydrogens (primary N) is 1. The molecule has 6 nitrogen and oxygen atoms in total. The predicted molar refractivity (Wildman–Crippen MR) is 117 cm³/mol. The van der Waals surface area contributed by atoms with Gasteiger partial charge in [0.1, 0.15) is 0 Å². The van der Waals surface area contributed by atoms with Gasteiger partial charge in [0, 0.05) is 41.9 Å². The molecule has 0 saturated heterocycles. The summed E-state index contributed by atoms with van der Waals surface area (Å²) in [5, 5.41) is 12.4. The Morgan fingerprint density at radius 3 is 2.40 bits per heavy atom. The van der Waals surface area contributed by atoms with Crippen LogP contribution in [0.5, 0.6) is 0 Å². The largest absolute Gasteiger partial charge is 0.330 e. The molecule has 2 heterocycles. The van der Waals surface area contributed by atoms with Crippen molar-refractivity contribution >= 4 is 5.91 Å². The van der Waals surface area contributed by atoms with Gasteiger partial charge in [-0.05, 0) is 42.1 Å². The van der Waals surface area contributed by atoms with Crippen LogP contribution in [0.4, 0.5) is 0 Å². The summed E-state index contributed by atoms with van der Waals surface area (Å²) in [6.45, 7) is 2.10. The maximum atomic E-state index is 12.2. The highest BCUT2D eigenvalue weighted by atomic mass is 16.5. The van der Waals surface area contributed by atoms with Crippen LogP contribution in [-0.2, 0) is 19.4 Å². The molecule has 154 valence electrons. The molecule has 0 radical (unpaired) electrons. The topological polar surface area (TPSA) is 100 Å². The van der Waals surface area contributed by atoms with E-state index >= 15 is 0 Å². The maximum absolute atomic E-state index is 12.2. The van der Waals surface area contributed by atoms with Crippen LogP contribution in [0.25, 0.3) is 22.4 Å². The third kappa shape index (κ3) is 4.26. The first-order chi connectivity index (χ1) is 14.7. The van der Waals surface area contributed by atoms with Gasteiger partial charge in [0.25, 0.3) is 5.91 Å². The minimum absolute atomic E-state index is 0.460. The SMILES string of the molecule is NCCCc1ccc(-c2ccc(-c3cc(C(=O)NO)c4c(n3)CCNC4)cc2)cc1. The molecule has 1 aliphatic rings. The average Bonchev–Trinajstić information content (AvgIpc) is 2.82. The molecule has 1 amide bonds. The normalized spacial score (nSPS) is 13.0. The van der Waals surface area contributed by atoms with Gasteiger partial charge in [0.2, 0.25) is 0 Å². The Labute approximate surface area is 176 Å². The fourth-order valence-electron chi connectivity index (χ4n) is 3.86. The van der Waals surface area contributed by atoms with Gasteiger partial charge >= 0.3 is 0 Å². The molecule has 3 aromatic rings. The lowest BCUT2D eigenvalue weighted by atomic mass is 9.96. The van der Waals surface area contributed by atoms with Gasteiger partial charge in [-0.3, -0.25) is 15.0 Å². The number of nitrogens with one attached hydrogen (secondary N) is 2. The zero-order chi connectivity index (χ0) is 20.9. The van der Waals surface area contributed by atoms with Crippen molar-refractivity contribution in [1.82, 2.24) is 15.8 Å². The number of carbonyl (C=O) groups is 1. The summed E-state index contributed by atoms with van der Waals surface area (Å²) in [6.07, 6.45) is 2.75. The molecule has 4 rings (SSSR count). The highest BCUT2D eigenvalue weighted by Gasteiger charge is 2.20. The third-order valence-electron chi connectivity index (χ3n) is 5.53. The van der Waals surface area contributed by atoms with Crippen LogP contribution in [-0.4, -0.2) is 29.2 Å². The molecule has 0 atom stereocenters. The zero-order valence-electron chi connectivity index (χ0n) is 16.8. The van der Waals surface area contributed by atoms with E-state index in [0.29, 0.717) is 18.7 Å². The van der Waals surface area contributed by atoms with Crippen LogP contribution in [0, 0.1) is 0 Å². The van der Waals surface area contributed by atoms with E-state index in [9.17, 15) is 4.79 Å². The van der Waals surface area contributed by atoms with Crippen molar-refractivity contribution in [2.24, 2.45) is 5.73 Å². The number of benzene rings is 2. The second kappa shape index (κ2) is 9.17. The Morgan fingerprint density at radius 2 is 1.73 bits per heavy atom. The molecule has 5 N–H and O–H groups in total. The Hall–Kier alpha value is -3.06. The summed E-state index contributed by atoms with van der Waals surface area (Å²) in [5.74, 6) is -0.509. The number of aryl methyl sites for hydroxylation is 1. The van der Waals surface area contributed by atoms with Crippen molar-refractivity contribution in [2.45, 2.75) is 25.8 Å². The number of aromatic nitrogens is 1. The summed E-state index contributed by atoms with van der Waals surface area (Å²) in [7, 11) is 0. The number of hydrogen-bond donors (Lipinski definition) is 4. The van der Waals surface area contributed by atoms with Gasteiger partial charge < -0.3 is 11.1 Å². The molecule has 0 saturated carbocycles. The summed E-state index contributed by atoms with van der Waals surface area (Å²) >= 11 is 0. The lowest BCUT2D eigenvalue weighted by molar-refractivity contribution is 0.0704. The minimum atomic E-state index is -0.509. The number of hydroxylamine groups is 1. The molecule has 6 heteroatoms. The third-order valence-corrected chi connectivity index (χ3v) is 5.53. The molecule has 0 aliphatic carbocycles. The van der Waals surface area contributed by atoms with Gasteiger partial charge in [-0.25, -0.2) is 5.48 Å². The van der Waals surface area contributed by atoms with Crippen LogP contribution < -0.4 is 16.5 Å². The lowest BCUT2D eigenvalue weighted by Crippen LogP contribution is -2.29. The van der Waals surface area contributed by atoms with Crippen LogP contribution in [0.3, 0.4) is 0 Å². The van der Waals surface area contributed by atoms with Gasteiger partial charge in [0.15, 0.2) is 0 Å². The van der Waals surface area contributed by atoms with Gasteiger partial charge in [0.05, 0.1) is 5.69 Å². The second-order valence-corrected chi connectivity index (χ2v) is 7.51. The summed E-state index contributed by atoms with van der Waals surface area (Å²) in [4.78, 5) is 17.0. The molecular formula is C24H26N4O2. The van der Waals surface area contributed by atoms with Crippen LogP contribution in [0.1, 0.15) is 33.6 Å². The molecule has 0 fully saturated rings. The Kier molecular flexibility index (Phi) is 6.18. The first-order valence-corrected chi connectivity index (χ1v) is 10.3. The average molecular weight is 402 g/mol. The lowest BCUT2D eigenvalue weighted by Gasteiger charge is -2.20.